The van der Waals surface area contributed by atoms with Crippen LogP contribution in [-0.2, 0) is 9.90 Å². The van der Waals surface area contributed by atoms with Gasteiger partial charge in [-0.15, -0.1) is 0 Å². The number of carbonyl (C=O) groups excluding carboxylic acids is 1. The van der Waals surface area contributed by atoms with Gasteiger partial charge in [0, 0.05) is 0 Å². The molecule has 0 atom stereocenters. The monoisotopic (exact) mass is 105 g/mol. The summed E-state index contributed by atoms with van der Waals surface area (Å²) in [5.74, 6) is -0.276. The zero-order valence-electron chi connectivity index (χ0n) is 3.18. The van der Waals surface area contributed by atoms with Crippen molar-refractivity contribution in [2.45, 2.75) is 0 Å². The summed E-state index contributed by atoms with van der Waals surface area (Å²) < 4.78 is 0. The molecule has 0 aliphatic heterocycles. The van der Waals surface area contributed by atoms with E-state index in [0.29, 0.717) is 0 Å². The molecule has 0 unspecified atom stereocenters. The predicted octanol–water partition coefficient (Wildman–Crippen LogP) is -0.0842. The first-order valence-electron chi connectivity index (χ1n) is 1.52. The van der Waals surface area contributed by atoms with E-state index in [-0.39, 0.29) is 11.5 Å². The van der Waals surface area contributed by atoms with Crippen molar-refractivity contribution < 1.29 is 9.90 Å². The largest absolute Gasteiger partial charge is 0.296 e. The van der Waals surface area contributed by atoms with Gasteiger partial charge in [0.25, 0.3) is 0 Å². The van der Waals surface area contributed by atoms with Gasteiger partial charge in [-0.3, -0.25) is 4.79 Å². The fourth-order valence-corrected chi connectivity index (χ4v) is 0.137. The Balaban J connectivity index is 2.99. The van der Waals surface area contributed by atoms with Gasteiger partial charge in [-0.1, -0.05) is 0 Å². The molecule has 0 spiro atoms. The Morgan fingerprint density at radius 3 is 2.17 bits per heavy atom. The fraction of sp³-hybridized carbons (Fsp3) is 0.667. The lowest BCUT2D eigenvalue weighted by Gasteiger charge is -1.78. The van der Waals surface area contributed by atoms with Crippen molar-refractivity contribution in [2.75, 3.05) is 12.4 Å². The summed E-state index contributed by atoms with van der Waals surface area (Å²) in [7, 11) is 0. The lowest BCUT2D eigenvalue weighted by atomic mass is 10.5. The van der Waals surface area contributed by atoms with E-state index in [1.165, 1.54) is 0 Å². The van der Waals surface area contributed by atoms with Gasteiger partial charge in [0.05, 0.1) is 5.75 Å². The van der Waals surface area contributed by atoms with Gasteiger partial charge in [0.2, 0.25) is 0 Å². The average molecular weight is 105 g/mol. The summed E-state index contributed by atoms with van der Waals surface area (Å²) in [6.45, 7) is -0.635. The normalized spacial score (nSPS) is 8.33. The maximum atomic E-state index is 9.79. The van der Waals surface area contributed by atoms with Crippen LogP contribution < -0.4 is 0 Å². The van der Waals surface area contributed by atoms with Crippen LogP contribution in [0.2, 0.25) is 0 Å². The third kappa shape index (κ3) is 2.23. The first-order valence-corrected chi connectivity index (χ1v) is 2.15. The van der Waals surface area contributed by atoms with Crippen LogP contribution in [-0.4, -0.2) is 18.1 Å². The SMILES string of the molecule is [O]CC(=O)CS. The molecule has 3 heteroatoms. The number of ketones is 1. The lowest BCUT2D eigenvalue weighted by Crippen LogP contribution is -2.02. The van der Waals surface area contributed by atoms with Crippen LogP contribution in [0.5, 0.6) is 0 Å². The zero-order valence-corrected chi connectivity index (χ0v) is 4.07. The minimum atomic E-state index is -0.635. The molecule has 0 bridgehead atoms. The van der Waals surface area contributed by atoms with Gasteiger partial charge < -0.3 is 0 Å². The van der Waals surface area contributed by atoms with E-state index in [0.717, 1.165) is 0 Å². The molecule has 0 heterocycles. The molecule has 0 aliphatic rings. The molecule has 0 saturated carbocycles. The van der Waals surface area contributed by atoms with Gasteiger partial charge in [-0.05, 0) is 0 Å². The van der Waals surface area contributed by atoms with Gasteiger partial charge in [0.1, 0.15) is 6.61 Å². The number of Topliss-reactive ketones (excluding diaryl/α,β-unsaturated/α-hetero) is 1. The van der Waals surface area contributed by atoms with E-state index in [1.54, 1.807) is 0 Å². The Hall–Kier alpha value is -0.0200. The highest BCUT2D eigenvalue weighted by molar-refractivity contribution is 7.81. The van der Waals surface area contributed by atoms with Crippen LogP contribution in [0.3, 0.4) is 0 Å². The highest BCUT2D eigenvalue weighted by Crippen LogP contribution is 1.72. The number of hydrogen-bond donors (Lipinski definition) is 1. The fourth-order valence-electron chi connectivity index (χ4n) is 0.0456. The second kappa shape index (κ2) is 3.18. The second-order valence-corrected chi connectivity index (χ2v) is 1.16. The van der Waals surface area contributed by atoms with Gasteiger partial charge >= 0.3 is 0 Å². The highest BCUT2D eigenvalue weighted by Gasteiger charge is 1.90. The van der Waals surface area contributed by atoms with E-state index in [9.17, 15) is 9.90 Å². The van der Waals surface area contributed by atoms with Gasteiger partial charge in [-0.2, -0.15) is 12.6 Å². The van der Waals surface area contributed by atoms with Crippen molar-refractivity contribution >= 4 is 18.4 Å². The van der Waals surface area contributed by atoms with Crippen molar-refractivity contribution in [1.29, 1.82) is 0 Å². The van der Waals surface area contributed by atoms with E-state index in [2.05, 4.69) is 12.6 Å². The molecule has 1 radical (unpaired) electrons. The lowest BCUT2D eigenvalue weighted by molar-refractivity contribution is -0.120. The molecule has 2 nitrogen and oxygen atoms in total. The van der Waals surface area contributed by atoms with Gasteiger partial charge in [0.15, 0.2) is 5.78 Å². The molecule has 6 heavy (non-hydrogen) atoms. The summed E-state index contributed by atoms with van der Waals surface area (Å²) in [6.07, 6.45) is 0. The molecule has 0 saturated heterocycles. The minimum absolute atomic E-state index is 0.0729. The number of thiol groups is 1. The van der Waals surface area contributed by atoms with Crippen molar-refractivity contribution in [2.24, 2.45) is 0 Å². The standard InChI is InChI=1S/C3H5O2S/c4-1-3(5)2-6/h6H,1-2H2. The molecule has 35 valence electrons. The highest BCUT2D eigenvalue weighted by atomic mass is 32.1. The molecular formula is C3H5O2S. The Kier molecular flexibility index (Phi) is 3.17. The Morgan fingerprint density at radius 2 is 2.17 bits per heavy atom. The van der Waals surface area contributed by atoms with Crippen molar-refractivity contribution in [3.8, 4) is 0 Å². The molecule has 0 aromatic heterocycles. The predicted molar refractivity (Wildman–Crippen MR) is 24.4 cm³/mol. The maximum absolute atomic E-state index is 9.79. The van der Waals surface area contributed by atoms with Crippen molar-refractivity contribution in [3.05, 3.63) is 0 Å². The van der Waals surface area contributed by atoms with E-state index in [4.69, 9.17) is 0 Å². The van der Waals surface area contributed by atoms with Gasteiger partial charge in [-0.25, -0.2) is 5.11 Å². The summed E-state index contributed by atoms with van der Waals surface area (Å²) in [5.41, 5.74) is 0. The van der Waals surface area contributed by atoms with Crippen LogP contribution in [0.1, 0.15) is 0 Å². The number of rotatable bonds is 2. The Bertz CT molecular complexity index is 46.8. The van der Waals surface area contributed by atoms with Crippen LogP contribution in [0.25, 0.3) is 0 Å². The van der Waals surface area contributed by atoms with Crippen LogP contribution in [0, 0.1) is 0 Å². The van der Waals surface area contributed by atoms with Crippen molar-refractivity contribution in [3.63, 3.8) is 0 Å². The quantitative estimate of drug-likeness (QED) is 0.490. The summed E-state index contributed by atoms with van der Waals surface area (Å²) >= 11 is 3.55. The first-order chi connectivity index (χ1) is 2.81. The topological polar surface area (TPSA) is 37.0 Å². The zero-order chi connectivity index (χ0) is 4.99. The third-order valence-corrected chi connectivity index (χ3v) is 0.690. The molecule has 0 aromatic carbocycles. The van der Waals surface area contributed by atoms with E-state index >= 15 is 0 Å². The molecule has 0 aromatic rings. The molecular weight excluding hydrogens is 100 g/mol. The Morgan fingerprint density at radius 1 is 1.67 bits per heavy atom. The Labute approximate surface area is 41.6 Å². The van der Waals surface area contributed by atoms with Crippen LogP contribution >= 0.6 is 12.6 Å². The molecule has 0 fully saturated rings. The third-order valence-electron chi connectivity index (χ3n) is 0.337. The number of hydrogen-bond acceptors (Lipinski definition) is 2. The van der Waals surface area contributed by atoms with Crippen molar-refractivity contribution in [1.82, 2.24) is 0 Å². The molecule has 0 amide bonds. The average Bonchev–Trinajstić information content (AvgIpc) is 1.65. The second-order valence-electron chi connectivity index (χ2n) is 0.841. The van der Waals surface area contributed by atoms with E-state index < -0.39 is 6.61 Å². The first kappa shape index (κ1) is 5.98. The minimum Gasteiger partial charge on any atom is -0.296 e. The summed E-state index contributed by atoms with van der Waals surface area (Å²) in [6, 6.07) is 0. The summed E-state index contributed by atoms with van der Waals surface area (Å²) in [5, 5.41) is 9.46. The summed E-state index contributed by atoms with van der Waals surface area (Å²) in [4.78, 5) is 9.79. The van der Waals surface area contributed by atoms with Crippen LogP contribution in [0.15, 0.2) is 0 Å². The number of carbonyl (C=O) groups is 1. The maximum Gasteiger partial charge on any atom is 0.171 e. The van der Waals surface area contributed by atoms with Crippen LogP contribution in [0.4, 0.5) is 0 Å². The molecule has 0 rings (SSSR count). The smallest absolute Gasteiger partial charge is 0.171 e. The van der Waals surface area contributed by atoms with E-state index in [1.807, 2.05) is 0 Å². The molecule has 0 aliphatic carbocycles. The molecule has 0 N–H and O–H groups in total.